The van der Waals surface area contributed by atoms with Gasteiger partial charge in [0.1, 0.15) is 24.2 Å². The van der Waals surface area contributed by atoms with Crippen LogP contribution in [0, 0.1) is 17.1 Å². The molecule has 1 aromatic heterocycles. The van der Waals surface area contributed by atoms with Gasteiger partial charge in [-0.2, -0.15) is 5.26 Å². The average Bonchev–Trinajstić information content (AvgIpc) is 2.87. The van der Waals surface area contributed by atoms with E-state index >= 15 is 0 Å². The lowest BCUT2D eigenvalue weighted by Gasteiger charge is -2.35. The van der Waals surface area contributed by atoms with Gasteiger partial charge in [0.25, 0.3) is 5.56 Å². The van der Waals surface area contributed by atoms with Crippen LogP contribution in [0.4, 0.5) is 10.3 Å². The number of anilines is 1. The molecule has 3 aromatic rings. The molecule has 1 saturated heterocycles. The summed E-state index contributed by atoms with van der Waals surface area (Å²) >= 11 is 0. The average molecular weight is 478 g/mol. The summed E-state index contributed by atoms with van der Waals surface area (Å²) < 4.78 is 19.9. The van der Waals surface area contributed by atoms with E-state index in [0.717, 1.165) is 25.9 Å². The molecule has 0 unspecified atom stereocenters. The molecule has 0 saturated carbocycles. The molecule has 1 aliphatic rings. The van der Waals surface area contributed by atoms with Gasteiger partial charge in [0, 0.05) is 24.7 Å². The predicted octanol–water partition coefficient (Wildman–Crippen LogP) is 3.02. The second-order valence-electron chi connectivity index (χ2n) is 8.70. The molecule has 2 aromatic carbocycles. The minimum absolute atomic E-state index is 0.0727. The van der Waals surface area contributed by atoms with E-state index in [1.165, 1.54) is 12.1 Å². The van der Waals surface area contributed by atoms with Crippen LogP contribution < -0.4 is 15.2 Å². The number of nitrogens with zero attached hydrogens (tertiary/aromatic N) is 4. The van der Waals surface area contributed by atoms with Crippen molar-refractivity contribution >= 4 is 5.95 Å². The maximum absolute atomic E-state index is 14.5. The fourth-order valence-corrected chi connectivity index (χ4v) is 4.32. The van der Waals surface area contributed by atoms with Crippen molar-refractivity contribution in [2.45, 2.75) is 18.9 Å². The third-order valence-corrected chi connectivity index (χ3v) is 6.27. The van der Waals surface area contributed by atoms with Crippen LogP contribution in [0.1, 0.15) is 18.4 Å². The van der Waals surface area contributed by atoms with Crippen molar-refractivity contribution in [3.8, 4) is 34.2 Å². The Balaban J connectivity index is 1.78. The Morgan fingerprint density at radius 2 is 1.89 bits per heavy atom. The molecule has 0 aliphatic carbocycles. The molecule has 1 aliphatic heterocycles. The lowest BCUT2D eigenvalue weighted by Crippen LogP contribution is -2.43. The van der Waals surface area contributed by atoms with Crippen molar-refractivity contribution in [2.75, 3.05) is 45.3 Å². The van der Waals surface area contributed by atoms with Gasteiger partial charge in [-0.3, -0.25) is 9.78 Å². The summed E-state index contributed by atoms with van der Waals surface area (Å²) in [6, 6.07) is 13.4. The molecule has 0 atom stereocenters. The number of aliphatic hydroxyl groups excluding tert-OH is 1. The van der Waals surface area contributed by atoms with Gasteiger partial charge in [-0.25, -0.2) is 9.37 Å². The summed E-state index contributed by atoms with van der Waals surface area (Å²) in [7, 11) is 4.12. The Hall–Kier alpha value is -3.74. The molecule has 8 nitrogen and oxygen atoms in total. The lowest BCUT2D eigenvalue weighted by molar-refractivity contribution is 0.201. The van der Waals surface area contributed by atoms with E-state index in [9.17, 15) is 9.18 Å². The first-order chi connectivity index (χ1) is 16.9. The van der Waals surface area contributed by atoms with Crippen molar-refractivity contribution in [2.24, 2.45) is 0 Å². The Labute approximate surface area is 203 Å². The molecule has 0 spiro atoms. The van der Waals surface area contributed by atoms with Crippen molar-refractivity contribution in [3.63, 3.8) is 0 Å². The van der Waals surface area contributed by atoms with Gasteiger partial charge in [0.2, 0.25) is 5.95 Å². The Morgan fingerprint density at radius 3 is 2.49 bits per heavy atom. The second-order valence-corrected chi connectivity index (χ2v) is 8.70. The topological polar surface area (TPSA) is 105 Å². The summed E-state index contributed by atoms with van der Waals surface area (Å²) in [5, 5.41) is 18.1. The highest BCUT2D eigenvalue weighted by molar-refractivity contribution is 5.81. The van der Waals surface area contributed by atoms with Crippen LogP contribution in [0.3, 0.4) is 0 Å². The number of hydrogen-bond acceptors (Lipinski definition) is 7. The molecule has 0 radical (unpaired) electrons. The maximum atomic E-state index is 14.5. The number of halogens is 1. The van der Waals surface area contributed by atoms with Crippen LogP contribution >= 0.6 is 0 Å². The third kappa shape index (κ3) is 5.34. The first kappa shape index (κ1) is 24.4. The van der Waals surface area contributed by atoms with Crippen molar-refractivity contribution in [1.82, 2.24) is 14.9 Å². The molecule has 35 heavy (non-hydrogen) atoms. The highest BCUT2D eigenvalue weighted by atomic mass is 19.1. The van der Waals surface area contributed by atoms with Crippen LogP contribution in [-0.2, 0) is 0 Å². The lowest BCUT2D eigenvalue weighted by atomic mass is 9.99. The van der Waals surface area contributed by atoms with Crippen LogP contribution in [0.2, 0.25) is 0 Å². The molecule has 182 valence electrons. The standard InChI is InChI=1S/C26H28FN5O3/c1-31(2)20-9-11-32(12-10-20)26-29-24(18-3-4-19(16-28)22(27)15-18)23(25(34)30-26)17-5-7-21(8-6-17)35-14-13-33/h3-8,15,20,33H,9-14H2,1-2H3,(H,29,30,34). The van der Waals surface area contributed by atoms with E-state index < -0.39 is 5.82 Å². The molecule has 0 amide bonds. The van der Waals surface area contributed by atoms with Crippen LogP contribution in [0.5, 0.6) is 5.75 Å². The molecule has 2 N–H and O–H groups in total. The van der Waals surface area contributed by atoms with E-state index in [2.05, 4.69) is 24.0 Å². The summed E-state index contributed by atoms with van der Waals surface area (Å²) in [5.41, 5.74) is 1.23. The second kappa shape index (κ2) is 10.7. The number of nitrogens with one attached hydrogen (secondary N) is 1. The highest BCUT2D eigenvalue weighted by Gasteiger charge is 2.24. The number of hydrogen-bond donors (Lipinski definition) is 2. The van der Waals surface area contributed by atoms with Gasteiger partial charge in [0.05, 0.1) is 23.4 Å². The number of aromatic nitrogens is 2. The SMILES string of the molecule is CN(C)C1CCN(c2nc(-c3ccc(C#N)c(F)c3)c(-c3ccc(OCCO)cc3)c(=O)[nH]2)CC1. The first-order valence-corrected chi connectivity index (χ1v) is 11.5. The largest absolute Gasteiger partial charge is 0.491 e. The molecule has 2 heterocycles. The number of piperidine rings is 1. The number of ether oxygens (including phenoxy) is 1. The normalized spacial score (nSPS) is 14.2. The summed E-state index contributed by atoms with van der Waals surface area (Å²) in [4.78, 5) is 25.3. The van der Waals surface area contributed by atoms with E-state index in [1.54, 1.807) is 30.3 Å². The zero-order chi connectivity index (χ0) is 24.9. The summed E-state index contributed by atoms with van der Waals surface area (Å²) in [5.74, 6) is 0.330. The van der Waals surface area contributed by atoms with Crippen LogP contribution in [0.15, 0.2) is 47.3 Å². The molecule has 4 rings (SSSR count). The monoisotopic (exact) mass is 477 g/mol. The summed E-state index contributed by atoms with van der Waals surface area (Å²) in [6.45, 7) is 1.54. The first-order valence-electron chi connectivity index (χ1n) is 11.5. The minimum Gasteiger partial charge on any atom is -0.491 e. The van der Waals surface area contributed by atoms with Crippen molar-refractivity contribution < 1.29 is 14.2 Å². The van der Waals surface area contributed by atoms with E-state index in [1.807, 2.05) is 11.0 Å². The Kier molecular flexibility index (Phi) is 7.44. The third-order valence-electron chi connectivity index (χ3n) is 6.27. The molecule has 9 heteroatoms. The number of rotatable bonds is 7. The molecular weight excluding hydrogens is 449 g/mol. The van der Waals surface area contributed by atoms with Crippen LogP contribution in [-0.4, -0.2) is 66.4 Å². The van der Waals surface area contributed by atoms with Crippen molar-refractivity contribution in [3.05, 3.63) is 64.2 Å². The molecule has 1 fully saturated rings. The zero-order valence-electron chi connectivity index (χ0n) is 19.8. The molecular formula is C26H28FN5O3. The van der Waals surface area contributed by atoms with E-state index in [4.69, 9.17) is 20.1 Å². The van der Waals surface area contributed by atoms with Gasteiger partial charge in [0.15, 0.2) is 0 Å². The Morgan fingerprint density at radius 1 is 1.20 bits per heavy atom. The van der Waals surface area contributed by atoms with Gasteiger partial charge in [-0.15, -0.1) is 0 Å². The van der Waals surface area contributed by atoms with Gasteiger partial charge >= 0.3 is 0 Å². The zero-order valence-corrected chi connectivity index (χ0v) is 19.8. The Bertz CT molecular complexity index is 1280. The van der Waals surface area contributed by atoms with Gasteiger partial charge in [-0.1, -0.05) is 18.2 Å². The number of H-pyrrole nitrogens is 1. The van der Waals surface area contributed by atoms with Gasteiger partial charge < -0.3 is 19.6 Å². The maximum Gasteiger partial charge on any atom is 0.260 e. The number of benzene rings is 2. The fraction of sp³-hybridized carbons (Fsp3) is 0.346. The number of aliphatic hydroxyl groups is 1. The fourth-order valence-electron chi connectivity index (χ4n) is 4.32. The smallest absolute Gasteiger partial charge is 0.260 e. The van der Waals surface area contributed by atoms with Crippen molar-refractivity contribution in [1.29, 1.82) is 5.26 Å². The summed E-state index contributed by atoms with van der Waals surface area (Å²) in [6.07, 6.45) is 1.88. The highest BCUT2D eigenvalue weighted by Crippen LogP contribution is 2.31. The molecule has 0 bridgehead atoms. The predicted molar refractivity (Wildman–Crippen MR) is 132 cm³/mol. The number of nitriles is 1. The van der Waals surface area contributed by atoms with Crippen LogP contribution in [0.25, 0.3) is 22.4 Å². The van der Waals surface area contributed by atoms with E-state index in [0.29, 0.717) is 40.1 Å². The minimum atomic E-state index is -0.667. The quantitative estimate of drug-likeness (QED) is 0.539. The number of aromatic amines is 1. The van der Waals surface area contributed by atoms with Gasteiger partial charge in [-0.05, 0) is 56.8 Å². The van der Waals surface area contributed by atoms with E-state index in [-0.39, 0.29) is 24.3 Å².